The molecule has 2 aliphatic rings. The monoisotopic (exact) mass is 158 g/mol. The van der Waals surface area contributed by atoms with Crippen LogP contribution < -0.4 is 5.32 Å². The molecule has 64 valence electrons. The van der Waals surface area contributed by atoms with E-state index >= 15 is 0 Å². The molecule has 4 heteroatoms. The number of hydrogen-bond donors (Lipinski definition) is 1. The highest BCUT2D eigenvalue weighted by Crippen LogP contribution is 2.09. The van der Waals surface area contributed by atoms with Gasteiger partial charge in [0.25, 0.3) is 0 Å². The van der Waals surface area contributed by atoms with Gasteiger partial charge < -0.3 is 14.8 Å². The van der Waals surface area contributed by atoms with Gasteiger partial charge in [-0.2, -0.15) is 0 Å². The van der Waals surface area contributed by atoms with Crippen molar-refractivity contribution in [1.82, 2.24) is 10.2 Å². The number of piperazine rings is 1. The second-order valence-corrected chi connectivity index (χ2v) is 2.83. The zero-order valence-corrected chi connectivity index (χ0v) is 6.58. The summed E-state index contributed by atoms with van der Waals surface area (Å²) < 4.78 is 10.7. The molecule has 2 saturated heterocycles. The molecule has 2 aliphatic heterocycles. The van der Waals surface area contributed by atoms with E-state index in [1.54, 1.807) is 0 Å². The van der Waals surface area contributed by atoms with Gasteiger partial charge >= 0.3 is 0 Å². The summed E-state index contributed by atoms with van der Waals surface area (Å²) in [6, 6.07) is 0. The van der Waals surface area contributed by atoms with Gasteiger partial charge in [0.15, 0.2) is 0 Å². The van der Waals surface area contributed by atoms with Gasteiger partial charge in [-0.3, -0.25) is 4.90 Å². The molecule has 0 aliphatic carbocycles. The summed E-state index contributed by atoms with van der Waals surface area (Å²) in [4.78, 5) is 2.23. The Balaban J connectivity index is 1.82. The maximum absolute atomic E-state index is 5.37. The number of nitrogens with zero attached hydrogens (tertiary/aromatic N) is 1. The molecule has 0 spiro atoms. The quantitative estimate of drug-likeness (QED) is 0.543. The molecule has 0 aromatic rings. The van der Waals surface area contributed by atoms with Gasteiger partial charge in [-0.25, -0.2) is 0 Å². The first-order chi connectivity index (χ1) is 5.47. The van der Waals surface area contributed by atoms with E-state index in [4.69, 9.17) is 9.47 Å². The minimum absolute atomic E-state index is 0.0582. The number of rotatable bonds is 1. The molecule has 2 fully saturated rings. The summed E-state index contributed by atoms with van der Waals surface area (Å²) in [5.74, 6) is 0. The van der Waals surface area contributed by atoms with Crippen LogP contribution in [0.4, 0.5) is 0 Å². The standard InChI is InChI=1S/C7H14N2O2/c1-3-9(4-2-8-1)7-10-5-6-11-7/h7-8H,1-6H2. The van der Waals surface area contributed by atoms with Crippen molar-refractivity contribution in [3.8, 4) is 0 Å². The number of ether oxygens (including phenoxy) is 2. The molecule has 2 heterocycles. The van der Waals surface area contributed by atoms with Crippen molar-refractivity contribution in [2.75, 3.05) is 39.4 Å². The summed E-state index contributed by atoms with van der Waals surface area (Å²) in [6.45, 7) is 5.64. The van der Waals surface area contributed by atoms with E-state index in [0.717, 1.165) is 39.4 Å². The molecule has 0 radical (unpaired) electrons. The lowest BCUT2D eigenvalue weighted by atomic mass is 10.4. The van der Waals surface area contributed by atoms with Crippen LogP contribution in [0, 0.1) is 0 Å². The van der Waals surface area contributed by atoms with E-state index in [9.17, 15) is 0 Å². The Morgan fingerprint density at radius 1 is 1.09 bits per heavy atom. The first kappa shape index (κ1) is 7.49. The van der Waals surface area contributed by atoms with E-state index in [1.807, 2.05) is 0 Å². The zero-order chi connectivity index (χ0) is 7.52. The molecule has 1 N–H and O–H groups in total. The molecule has 11 heavy (non-hydrogen) atoms. The molecule has 0 unspecified atom stereocenters. The minimum Gasteiger partial charge on any atom is -0.337 e. The van der Waals surface area contributed by atoms with Crippen LogP contribution in [0.3, 0.4) is 0 Å². The SMILES string of the molecule is C1CN(C2OCCO2)CCN1. The lowest BCUT2D eigenvalue weighted by molar-refractivity contribution is -0.155. The largest absolute Gasteiger partial charge is 0.337 e. The van der Waals surface area contributed by atoms with E-state index in [-0.39, 0.29) is 6.41 Å². The molecular weight excluding hydrogens is 144 g/mol. The van der Waals surface area contributed by atoms with E-state index in [0.29, 0.717) is 0 Å². The summed E-state index contributed by atoms with van der Waals surface area (Å²) in [5.41, 5.74) is 0. The topological polar surface area (TPSA) is 33.7 Å². The minimum atomic E-state index is -0.0582. The fourth-order valence-corrected chi connectivity index (χ4v) is 1.45. The molecule has 0 aromatic carbocycles. The zero-order valence-electron chi connectivity index (χ0n) is 6.58. The van der Waals surface area contributed by atoms with E-state index in [1.165, 1.54) is 0 Å². The van der Waals surface area contributed by atoms with Gasteiger partial charge in [0, 0.05) is 26.2 Å². The summed E-state index contributed by atoms with van der Waals surface area (Å²) >= 11 is 0. The predicted molar refractivity (Wildman–Crippen MR) is 40.1 cm³/mol. The van der Waals surface area contributed by atoms with Gasteiger partial charge in [-0.05, 0) is 0 Å². The Kier molecular flexibility index (Phi) is 2.38. The highest BCUT2D eigenvalue weighted by atomic mass is 16.7. The van der Waals surface area contributed by atoms with Crippen LogP contribution >= 0.6 is 0 Å². The van der Waals surface area contributed by atoms with Crippen molar-refractivity contribution in [2.45, 2.75) is 6.41 Å². The van der Waals surface area contributed by atoms with E-state index in [2.05, 4.69) is 10.2 Å². The van der Waals surface area contributed by atoms with Crippen LogP contribution in [0.2, 0.25) is 0 Å². The smallest absolute Gasteiger partial charge is 0.218 e. The molecule has 0 bridgehead atoms. The summed E-state index contributed by atoms with van der Waals surface area (Å²) in [7, 11) is 0. The molecular formula is C7H14N2O2. The van der Waals surface area contributed by atoms with Crippen LogP contribution in [0.1, 0.15) is 0 Å². The number of hydrogen-bond acceptors (Lipinski definition) is 4. The van der Waals surface area contributed by atoms with Crippen LogP contribution in [-0.2, 0) is 9.47 Å². The lowest BCUT2D eigenvalue weighted by Crippen LogP contribution is -2.48. The molecule has 2 rings (SSSR count). The third kappa shape index (κ3) is 1.70. The predicted octanol–water partition coefficient (Wildman–Crippen LogP) is -0.778. The average molecular weight is 158 g/mol. The van der Waals surface area contributed by atoms with E-state index < -0.39 is 0 Å². The lowest BCUT2D eigenvalue weighted by Gasteiger charge is -2.30. The Bertz CT molecular complexity index is 120. The second-order valence-electron chi connectivity index (χ2n) is 2.83. The Morgan fingerprint density at radius 2 is 1.73 bits per heavy atom. The first-order valence-corrected chi connectivity index (χ1v) is 4.15. The summed E-state index contributed by atoms with van der Waals surface area (Å²) in [5, 5.41) is 3.29. The van der Waals surface area contributed by atoms with Crippen LogP contribution in [0.5, 0.6) is 0 Å². The van der Waals surface area contributed by atoms with Crippen molar-refractivity contribution in [3.63, 3.8) is 0 Å². The van der Waals surface area contributed by atoms with Gasteiger partial charge in [-0.15, -0.1) is 0 Å². The fraction of sp³-hybridized carbons (Fsp3) is 1.00. The molecule has 0 amide bonds. The van der Waals surface area contributed by atoms with Crippen molar-refractivity contribution in [2.24, 2.45) is 0 Å². The Labute approximate surface area is 66.5 Å². The molecule has 0 atom stereocenters. The van der Waals surface area contributed by atoms with Gasteiger partial charge in [0.2, 0.25) is 6.41 Å². The average Bonchev–Trinajstić information content (AvgIpc) is 2.58. The van der Waals surface area contributed by atoms with Crippen molar-refractivity contribution >= 4 is 0 Å². The highest BCUT2D eigenvalue weighted by molar-refractivity contribution is 4.68. The molecule has 0 saturated carbocycles. The van der Waals surface area contributed by atoms with Crippen LogP contribution in [0.15, 0.2) is 0 Å². The van der Waals surface area contributed by atoms with Crippen LogP contribution in [-0.4, -0.2) is 50.7 Å². The molecule has 4 nitrogen and oxygen atoms in total. The third-order valence-electron chi connectivity index (χ3n) is 2.05. The normalized spacial score (nSPS) is 29.5. The Morgan fingerprint density at radius 3 is 2.36 bits per heavy atom. The Hall–Kier alpha value is -0.160. The van der Waals surface area contributed by atoms with Gasteiger partial charge in [-0.1, -0.05) is 0 Å². The maximum Gasteiger partial charge on any atom is 0.218 e. The molecule has 0 aromatic heterocycles. The van der Waals surface area contributed by atoms with Gasteiger partial charge in [0.05, 0.1) is 13.2 Å². The number of nitrogens with one attached hydrogen (secondary N) is 1. The fourth-order valence-electron chi connectivity index (χ4n) is 1.45. The van der Waals surface area contributed by atoms with Crippen molar-refractivity contribution in [3.05, 3.63) is 0 Å². The first-order valence-electron chi connectivity index (χ1n) is 4.15. The van der Waals surface area contributed by atoms with Gasteiger partial charge in [0.1, 0.15) is 0 Å². The second kappa shape index (κ2) is 3.49. The highest BCUT2D eigenvalue weighted by Gasteiger charge is 2.24. The summed E-state index contributed by atoms with van der Waals surface area (Å²) in [6.07, 6.45) is -0.0582. The third-order valence-corrected chi connectivity index (χ3v) is 2.05. The van der Waals surface area contributed by atoms with Crippen molar-refractivity contribution < 1.29 is 9.47 Å². The van der Waals surface area contributed by atoms with Crippen molar-refractivity contribution in [1.29, 1.82) is 0 Å². The maximum atomic E-state index is 5.37. The van der Waals surface area contributed by atoms with Crippen LogP contribution in [0.25, 0.3) is 0 Å².